The molecule has 11 heteroatoms. The van der Waals surface area contributed by atoms with Crippen LogP contribution in [0.4, 0.5) is 5.69 Å². The Morgan fingerprint density at radius 1 is 1.14 bits per heavy atom. The van der Waals surface area contributed by atoms with E-state index in [0.717, 1.165) is 0 Å². The number of hydrogen-bond donors (Lipinski definition) is 0. The summed E-state index contributed by atoms with van der Waals surface area (Å²) in [6.07, 6.45) is 1.40. The van der Waals surface area contributed by atoms with Crippen molar-refractivity contribution >= 4 is 52.8 Å². The van der Waals surface area contributed by atoms with E-state index in [9.17, 15) is 19.7 Å². The summed E-state index contributed by atoms with van der Waals surface area (Å²) in [6, 6.07) is 13.5. The number of rotatable bonds is 6. The van der Waals surface area contributed by atoms with Gasteiger partial charge in [-0.3, -0.25) is 10.1 Å². The Bertz CT molecular complexity index is 1460. The van der Waals surface area contributed by atoms with E-state index in [1.165, 1.54) is 49.6 Å². The molecule has 0 spiro atoms. The number of nitro benzene ring substituents is 1. The van der Waals surface area contributed by atoms with Crippen molar-refractivity contribution in [1.29, 1.82) is 0 Å². The maximum atomic E-state index is 12.5. The molecule has 0 unspecified atom stereocenters. The van der Waals surface area contributed by atoms with Crippen LogP contribution in [0.15, 0.2) is 65.3 Å². The standard InChI is InChI=1S/C25H16Cl2N2O7/c1-13-17(4-3-5-20(13)29(32)33)23-28-19(25(31)36-23)11-14-10-18(27)22(21(12-14)34-2)35-24(30)15-6-8-16(26)9-7-15/h3-12H,1-2H3/b19-11-. The maximum absolute atomic E-state index is 12.5. The Hall–Kier alpha value is -4.21. The largest absolute Gasteiger partial charge is 0.493 e. The number of ether oxygens (including phenoxy) is 3. The number of nitrogens with zero attached hydrogens (tertiary/aromatic N) is 2. The van der Waals surface area contributed by atoms with Crippen LogP contribution in [-0.4, -0.2) is 29.9 Å². The molecular formula is C25H16Cl2N2O7. The fourth-order valence-corrected chi connectivity index (χ4v) is 3.78. The van der Waals surface area contributed by atoms with Gasteiger partial charge in [0.25, 0.3) is 5.69 Å². The van der Waals surface area contributed by atoms with Crippen LogP contribution in [0.3, 0.4) is 0 Å². The van der Waals surface area contributed by atoms with Crippen LogP contribution in [-0.2, 0) is 9.53 Å². The Balaban J connectivity index is 1.65. The average Bonchev–Trinajstić information content (AvgIpc) is 3.20. The molecule has 0 saturated carbocycles. The Morgan fingerprint density at radius 3 is 2.53 bits per heavy atom. The monoisotopic (exact) mass is 526 g/mol. The molecule has 0 bridgehead atoms. The highest BCUT2D eigenvalue weighted by molar-refractivity contribution is 6.32. The first kappa shape index (κ1) is 24.9. The van der Waals surface area contributed by atoms with Gasteiger partial charge in [0, 0.05) is 22.2 Å². The molecule has 1 aliphatic heterocycles. The first-order valence-electron chi connectivity index (χ1n) is 10.3. The predicted molar refractivity (Wildman–Crippen MR) is 133 cm³/mol. The van der Waals surface area contributed by atoms with E-state index in [2.05, 4.69) is 4.99 Å². The molecule has 36 heavy (non-hydrogen) atoms. The van der Waals surface area contributed by atoms with Crippen molar-refractivity contribution in [2.45, 2.75) is 6.92 Å². The summed E-state index contributed by atoms with van der Waals surface area (Å²) in [5.74, 6) is -1.34. The minimum atomic E-state index is -0.746. The molecule has 0 N–H and O–H groups in total. The highest BCUT2D eigenvalue weighted by Crippen LogP contribution is 2.38. The molecule has 0 fully saturated rings. The molecule has 4 rings (SSSR count). The average molecular weight is 527 g/mol. The van der Waals surface area contributed by atoms with Crippen molar-refractivity contribution in [3.8, 4) is 11.5 Å². The maximum Gasteiger partial charge on any atom is 0.363 e. The van der Waals surface area contributed by atoms with Crippen molar-refractivity contribution in [2.24, 2.45) is 4.99 Å². The molecule has 0 aliphatic carbocycles. The van der Waals surface area contributed by atoms with Crippen molar-refractivity contribution in [3.05, 3.63) is 103 Å². The molecule has 0 radical (unpaired) electrons. The topological polar surface area (TPSA) is 117 Å². The SMILES string of the molecule is COc1cc(/C=C2\N=C(c3cccc([N+](=O)[O-])c3C)OC2=O)cc(Cl)c1OC(=O)c1ccc(Cl)cc1. The number of hydrogen-bond acceptors (Lipinski definition) is 8. The third-order valence-electron chi connectivity index (χ3n) is 5.18. The molecule has 0 atom stereocenters. The summed E-state index contributed by atoms with van der Waals surface area (Å²) >= 11 is 12.2. The van der Waals surface area contributed by atoms with Crippen LogP contribution >= 0.6 is 23.2 Å². The minimum Gasteiger partial charge on any atom is -0.493 e. The number of methoxy groups -OCH3 is 1. The van der Waals surface area contributed by atoms with Crippen molar-refractivity contribution in [3.63, 3.8) is 0 Å². The van der Waals surface area contributed by atoms with Gasteiger partial charge in [-0.25, -0.2) is 14.6 Å². The zero-order valence-corrected chi connectivity index (χ0v) is 20.3. The summed E-state index contributed by atoms with van der Waals surface area (Å²) < 4.78 is 16.0. The Kier molecular flexibility index (Phi) is 7.05. The number of carbonyl (C=O) groups excluding carboxylic acids is 2. The quantitative estimate of drug-likeness (QED) is 0.131. The second-order valence-corrected chi connectivity index (χ2v) is 8.32. The first-order valence-corrected chi connectivity index (χ1v) is 11.1. The third kappa shape index (κ3) is 5.07. The predicted octanol–water partition coefficient (Wildman–Crippen LogP) is 5.78. The van der Waals surface area contributed by atoms with Gasteiger partial charge in [-0.2, -0.15) is 0 Å². The molecule has 1 aliphatic rings. The van der Waals surface area contributed by atoms with Crippen molar-refractivity contribution in [1.82, 2.24) is 0 Å². The second kappa shape index (κ2) is 10.2. The fraction of sp³-hybridized carbons (Fsp3) is 0.0800. The van der Waals surface area contributed by atoms with E-state index in [1.807, 2.05) is 0 Å². The van der Waals surface area contributed by atoms with Crippen LogP contribution in [0.5, 0.6) is 11.5 Å². The molecule has 182 valence electrons. The van der Waals surface area contributed by atoms with Crippen LogP contribution in [0.2, 0.25) is 10.0 Å². The number of esters is 2. The molecule has 0 saturated heterocycles. The summed E-state index contributed by atoms with van der Waals surface area (Å²) in [5, 5.41) is 11.7. The van der Waals surface area contributed by atoms with E-state index < -0.39 is 16.9 Å². The Morgan fingerprint density at radius 2 is 1.86 bits per heavy atom. The van der Waals surface area contributed by atoms with Crippen LogP contribution in [0.25, 0.3) is 6.08 Å². The third-order valence-corrected chi connectivity index (χ3v) is 5.72. The van der Waals surface area contributed by atoms with Gasteiger partial charge in [0.05, 0.1) is 22.6 Å². The number of benzene rings is 3. The molecule has 0 amide bonds. The van der Waals surface area contributed by atoms with E-state index in [1.54, 1.807) is 25.1 Å². The number of aliphatic imine (C=N–C) groups is 1. The molecule has 0 aromatic heterocycles. The van der Waals surface area contributed by atoms with Crippen LogP contribution < -0.4 is 9.47 Å². The lowest BCUT2D eigenvalue weighted by Crippen LogP contribution is -2.09. The molecule has 1 heterocycles. The lowest BCUT2D eigenvalue weighted by molar-refractivity contribution is -0.385. The first-order chi connectivity index (χ1) is 17.2. The summed E-state index contributed by atoms with van der Waals surface area (Å²) in [7, 11) is 1.37. The number of halogens is 2. The zero-order chi connectivity index (χ0) is 26.0. The van der Waals surface area contributed by atoms with Gasteiger partial charge in [-0.05, 0) is 61.0 Å². The summed E-state index contributed by atoms with van der Waals surface area (Å²) in [4.78, 5) is 39.8. The van der Waals surface area contributed by atoms with Gasteiger partial charge in [0.15, 0.2) is 17.2 Å². The number of cyclic esters (lactones) is 1. The van der Waals surface area contributed by atoms with E-state index in [4.69, 9.17) is 37.4 Å². The highest BCUT2D eigenvalue weighted by atomic mass is 35.5. The number of carbonyl (C=O) groups is 2. The van der Waals surface area contributed by atoms with Gasteiger partial charge in [0.2, 0.25) is 5.90 Å². The van der Waals surface area contributed by atoms with Gasteiger partial charge >= 0.3 is 11.9 Å². The van der Waals surface area contributed by atoms with Gasteiger partial charge < -0.3 is 14.2 Å². The van der Waals surface area contributed by atoms with Crippen molar-refractivity contribution < 1.29 is 28.7 Å². The Labute approximate surface area is 214 Å². The molecule has 9 nitrogen and oxygen atoms in total. The lowest BCUT2D eigenvalue weighted by Gasteiger charge is -2.12. The second-order valence-electron chi connectivity index (χ2n) is 7.47. The van der Waals surface area contributed by atoms with E-state index in [-0.39, 0.29) is 39.4 Å². The van der Waals surface area contributed by atoms with Crippen molar-refractivity contribution in [2.75, 3.05) is 7.11 Å². The van der Waals surface area contributed by atoms with Gasteiger partial charge in [-0.15, -0.1) is 0 Å². The summed E-state index contributed by atoms with van der Waals surface area (Å²) in [6.45, 7) is 1.54. The normalized spacial score (nSPS) is 13.8. The highest BCUT2D eigenvalue weighted by Gasteiger charge is 2.28. The van der Waals surface area contributed by atoms with E-state index >= 15 is 0 Å². The van der Waals surface area contributed by atoms with Gasteiger partial charge in [0.1, 0.15) is 0 Å². The number of nitro groups is 1. The molecule has 3 aromatic rings. The minimum absolute atomic E-state index is 0.00771. The van der Waals surface area contributed by atoms with E-state index in [0.29, 0.717) is 21.7 Å². The van der Waals surface area contributed by atoms with Crippen LogP contribution in [0.1, 0.15) is 27.0 Å². The molecular weight excluding hydrogens is 511 g/mol. The lowest BCUT2D eigenvalue weighted by atomic mass is 10.1. The summed E-state index contributed by atoms with van der Waals surface area (Å²) in [5.41, 5.74) is 1.13. The fourth-order valence-electron chi connectivity index (χ4n) is 3.39. The van der Waals surface area contributed by atoms with Gasteiger partial charge in [-0.1, -0.05) is 29.3 Å². The smallest absolute Gasteiger partial charge is 0.363 e. The zero-order valence-electron chi connectivity index (χ0n) is 18.8. The van der Waals surface area contributed by atoms with Crippen LogP contribution in [0, 0.1) is 17.0 Å². The molecule has 3 aromatic carbocycles.